The molecule has 0 atom stereocenters. The zero-order chi connectivity index (χ0) is 44.7. The molecule has 0 aliphatic rings. The molecule has 0 bridgehead atoms. The monoisotopic (exact) mass is 885 g/mol. The second-order valence-electron chi connectivity index (χ2n) is 17.5. The van der Waals surface area contributed by atoms with Gasteiger partial charge in [-0.15, -0.1) is 11.3 Å². The van der Waals surface area contributed by atoms with Crippen LogP contribution in [-0.4, -0.2) is 0 Å². The van der Waals surface area contributed by atoms with Crippen molar-refractivity contribution in [2.75, 3.05) is 4.90 Å². The van der Waals surface area contributed by atoms with Crippen molar-refractivity contribution in [2.24, 2.45) is 0 Å². The summed E-state index contributed by atoms with van der Waals surface area (Å²) in [5.74, 6) is 0. The molecule has 0 aliphatic heterocycles. The lowest BCUT2D eigenvalue weighted by Gasteiger charge is -2.26. The Balaban J connectivity index is 0.861. The van der Waals surface area contributed by atoms with E-state index in [0.29, 0.717) is 0 Å². The quantitative estimate of drug-likeness (QED) is 0.160. The molecule has 4 heteroatoms. The van der Waals surface area contributed by atoms with Crippen LogP contribution < -0.4 is 4.90 Å². The molecule has 14 rings (SSSR count). The zero-order valence-electron chi connectivity index (χ0n) is 36.7. The van der Waals surface area contributed by atoms with Crippen molar-refractivity contribution in [3.8, 4) is 44.5 Å². The second kappa shape index (κ2) is 15.5. The third kappa shape index (κ3) is 6.19. The van der Waals surface area contributed by atoms with Gasteiger partial charge in [-0.25, -0.2) is 0 Å². The minimum Gasteiger partial charge on any atom is -0.456 e. The van der Waals surface area contributed by atoms with Crippen LogP contribution in [0.3, 0.4) is 0 Å². The highest BCUT2D eigenvalue weighted by atomic mass is 32.1. The first-order chi connectivity index (χ1) is 33.7. The number of fused-ring (bicyclic) bond motifs is 10. The zero-order valence-corrected chi connectivity index (χ0v) is 37.5. The summed E-state index contributed by atoms with van der Waals surface area (Å²) in [4.78, 5) is 2.36. The fraction of sp³-hybridized carbons (Fsp3) is 0. The van der Waals surface area contributed by atoms with Gasteiger partial charge < -0.3 is 13.7 Å². The molecule has 0 N–H and O–H groups in total. The van der Waals surface area contributed by atoms with E-state index in [0.717, 1.165) is 77.6 Å². The number of thiophene rings is 1. The van der Waals surface area contributed by atoms with E-state index in [2.05, 4.69) is 217 Å². The molecule has 3 aromatic heterocycles. The van der Waals surface area contributed by atoms with Crippen molar-refractivity contribution in [3.05, 3.63) is 237 Å². The van der Waals surface area contributed by atoms with Gasteiger partial charge in [-0.3, -0.25) is 0 Å². The van der Waals surface area contributed by atoms with Crippen molar-refractivity contribution in [3.63, 3.8) is 0 Å². The predicted octanol–water partition coefficient (Wildman–Crippen LogP) is 19.1. The fourth-order valence-corrected chi connectivity index (χ4v) is 11.7. The average Bonchev–Trinajstić information content (AvgIpc) is 4.10. The number of nitrogens with zero attached hydrogens (tertiary/aromatic N) is 1. The Morgan fingerprint density at radius 1 is 0.265 bits per heavy atom. The summed E-state index contributed by atoms with van der Waals surface area (Å²) in [5.41, 5.74) is 16.3. The molecule has 318 valence electrons. The van der Waals surface area contributed by atoms with E-state index in [-0.39, 0.29) is 0 Å². The van der Waals surface area contributed by atoms with E-state index >= 15 is 0 Å². The molecule has 0 fully saturated rings. The normalized spacial score (nSPS) is 11.8. The first-order valence-electron chi connectivity index (χ1n) is 23.1. The van der Waals surface area contributed by atoms with Crippen LogP contribution in [0.25, 0.3) is 119 Å². The highest BCUT2D eigenvalue weighted by molar-refractivity contribution is 7.25. The van der Waals surface area contributed by atoms with Crippen LogP contribution >= 0.6 is 11.3 Å². The molecule has 3 heterocycles. The van der Waals surface area contributed by atoms with Gasteiger partial charge in [0.05, 0.1) is 0 Å². The van der Waals surface area contributed by atoms with Crippen LogP contribution in [0.1, 0.15) is 0 Å². The van der Waals surface area contributed by atoms with Crippen molar-refractivity contribution in [2.45, 2.75) is 0 Å². The van der Waals surface area contributed by atoms with Crippen LogP contribution in [0.5, 0.6) is 0 Å². The summed E-state index contributed by atoms with van der Waals surface area (Å²) in [5, 5.41) is 9.59. The Hall–Kier alpha value is -8.70. The number of furan rings is 2. The summed E-state index contributed by atoms with van der Waals surface area (Å²) in [7, 11) is 0. The van der Waals surface area contributed by atoms with Gasteiger partial charge in [0.15, 0.2) is 0 Å². The topological polar surface area (TPSA) is 29.5 Å². The molecule has 0 saturated carbocycles. The molecule has 3 nitrogen and oxygen atoms in total. The number of anilines is 3. The van der Waals surface area contributed by atoms with Gasteiger partial charge >= 0.3 is 0 Å². The Morgan fingerprint density at radius 3 is 1.37 bits per heavy atom. The lowest BCUT2D eigenvalue weighted by Crippen LogP contribution is -2.09. The number of hydrogen-bond acceptors (Lipinski definition) is 4. The molecule has 0 saturated heterocycles. The molecule has 14 aromatic rings. The van der Waals surface area contributed by atoms with Crippen LogP contribution in [0, 0.1) is 0 Å². The number of para-hydroxylation sites is 2. The first kappa shape index (κ1) is 38.6. The minimum atomic E-state index is 0.896. The number of benzene rings is 11. The highest BCUT2D eigenvalue weighted by Gasteiger charge is 2.19. The maximum absolute atomic E-state index is 6.28. The smallest absolute Gasteiger partial charge is 0.136 e. The Bertz CT molecular complexity index is 4090. The first-order valence-corrected chi connectivity index (χ1v) is 23.9. The largest absolute Gasteiger partial charge is 0.456 e. The summed E-state index contributed by atoms with van der Waals surface area (Å²) >= 11 is 1.86. The van der Waals surface area contributed by atoms with Gasteiger partial charge in [-0.1, -0.05) is 158 Å². The second-order valence-corrected chi connectivity index (χ2v) is 18.6. The molecule has 0 aliphatic carbocycles. The fourth-order valence-electron chi connectivity index (χ4n) is 10.5. The van der Waals surface area contributed by atoms with Crippen LogP contribution in [0.4, 0.5) is 17.1 Å². The summed E-state index contributed by atoms with van der Waals surface area (Å²) in [6, 6.07) is 85.3. The number of hydrogen-bond donors (Lipinski definition) is 0. The van der Waals surface area contributed by atoms with Gasteiger partial charge in [-0.05, 0) is 134 Å². The Morgan fingerprint density at radius 2 is 0.706 bits per heavy atom. The molecule has 0 spiro atoms. The highest BCUT2D eigenvalue weighted by Crippen LogP contribution is 2.44. The van der Waals surface area contributed by atoms with E-state index in [1.807, 2.05) is 35.6 Å². The lowest BCUT2D eigenvalue weighted by atomic mass is 9.91. The van der Waals surface area contributed by atoms with Gasteiger partial charge in [-0.2, -0.15) is 0 Å². The van der Waals surface area contributed by atoms with E-state index in [1.54, 1.807) is 0 Å². The summed E-state index contributed by atoms with van der Waals surface area (Å²) < 4.78 is 15.1. The SMILES string of the molecule is c1ccc2c(c1)oc1ccc(-c3ccc(-c4ccc(N(c5ccc(-c6cccc7oc8ccccc8c67)cc5)c5ccc(-c6cccc7sc8ccccc8c67)cc5)cc4)c4ccccc34)cc12. The van der Waals surface area contributed by atoms with Crippen molar-refractivity contribution >= 4 is 103 Å². The molecule has 0 unspecified atom stereocenters. The average molecular weight is 886 g/mol. The van der Waals surface area contributed by atoms with Crippen molar-refractivity contribution in [1.82, 2.24) is 0 Å². The summed E-state index contributed by atoms with van der Waals surface area (Å²) in [6.07, 6.45) is 0. The third-order valence-corrected chi connectivity index (χ3v) is 14.9. The molecular weight excluding hydrogens is 847 g/mol. The van der Waals surface area contributed by atoms with E-state index < -0.39 is 0 Å². The van der Waals surface area contributed by atoms with Gasteiger partial charge in [0.2, 0.25) is 0 Å². The standard InChI is InChI=1S/C64H39NO2S/c1-2-12-52-48(43-29-38-59-56(39-43)53-13-3-6-18-57(53)66-59)37-36-47(51(52)11-1)40-23-30-44(31-24-40)65(45-32-25-41(26-33-45)49-16-9-20-60-63(49)54-14-4-7-19-58(54)67-60)46-34-27-42(28-35-46)50-17-10-22-62-64(50)55-15-5-8-21-61(55)68-62/h1-39H. The van der Waals surface area contributed by atoms with Crippen LogP contribution in [-0.2, 0) is 0 Å². The lowest BCUT2D eigenvalue weighted by molar-refractivity contribution is 0.668. The van der Waals surface area contributed by atoms with Crippen LogP contribution in [0.2, 0.25) is 0 Å². The Labute approximate surface area is 396 Å². The van der Waals surface area contributed by atoms with E-state index in [9.17, 15) is 0 Å². The molecule has 0 amide bonds. The minimum absolute atomic E-state index is 0.896. The summed E-state index contributed by atoms with van der Waals surface area (Å²) in [6.45, 7) is 0. The molecule has 68 heavy (non-hydrogen) atoms. The maximum atomic E-state index is 6.28. The van der Waals surface area contributed by atoms with Gasteiger partial charge in [0.25, 0.3) is 0 Å². The van der Waals surface area contributed by atoms with Crippen molar-refractivity contribution in [1.29, 1.82) is 0 Å². The number of rotatable bonds is 7. The van der Waals surface area contributed by atoms with Gasteiger partial charge in [0.1, 0.15) is 22.3 Å². The van der Waals surface area contributed by atoms with Crippen molar-refractivity contribution < 1.29 is 8.83 Å². The Kier molecular flexibility index (Phi) is 8.76. The van der Waals surface area contributed by atoms with E-state index in [1.165, 1.54) is 58.8 Å². The van der Waals surface area contributed by atoms with Crippen LogP contribution in [0.15, 0.2) is 245 Å². The molecule has 11 aromatic carbocycles. The predicted molar refractivity (Wildman–Crippen MR) is 288 cm³/mol. The molecular formula is C64H39NO2S. The maximum Gasteiger partial charge on any atom is 0.136 e. The third-order valence-electron chi connectivity index (χ3n) is 13.7. The van der Waals surface area contributed by atoms with Gasteiger partial charge in [0, 0.05) is 58.8 Å². The van der Waals surface area contributed by atoms with E-state index in [4.69, 9.17) is 8.83 Å². The molecule has 0 radical (unpaired) electrons.